The van der Waals surface area contributed by atoms with Crippen molar-refractivity contribution in [1.82, 2.24) is 0 Å². The molecule has 1 aliphatic rings. The largest absolute Gasteiger partial charge is 0.378 e. The maximum atomic E-state index is 6.64. The van der Waals surface area contributed by atoms with Crippen LogP contribution in [0.5, 0.6) is 0 Å². The van der Waals surface area contributed by atoms with Crippen LogP contribution in [-0.4, -0.2) is 18.1 Å². The Morgan fingerprint density at radius 1 is 1.21 bits per heavy atom. The molecule has 19 heavy (non-hydrogen) atoms. The molecule has 1 fully saturated rings. The van der Waals surface area contributed by atoms with Crippen molar-refractivity contribution in [3.8, 4) is 0 Å². The van der Waals surface area contributed by atoms with Gasteiger partial charge in [-0.25, -0.2) is 0 Å². The maximum absolute atomic E-state index is 6.64. The molecule has 1 heterocycles. The van der Waals surface area contributed by atoms with Gasteiger partial charge in [-0.1, -0.05) is 42.5 Å². The molecular formula is C17H19ClO. The molecule has 0 aromatic heterocycles. The Kier molecular flexibility index (Phi) is 3.76. The van der Waals surface area contributed by atoms with Crippen LogP contribution in [0.15, 0.2) is 42.5 Å². The summed E-state index contributed by atoms with van der Waals surface area (Å²) in [5, 5.41) is 2.77. The summed E-state index contributed by atoms with van der Waals surface area (Å²) in [6.45, 7) is 2.99. The van der Waals surface area contributed by atoms with Crippen molar-refractivity contribution in [2.45, 2.75) is 31.2 Å². The summed E-state index contributed by atoms with van der Waals surface area (Å²) < 4.78 is 5.63. The number of alkyl halides is 1. The van der Waals surface area contributed by atoms with Gasteiger partial charge in [-0.15, -0.1) is 11.6 Å². The minimum absolute atomic E-state index is 0.156. The lowest BCUT2D eigenvalue weighted by molar-refractivity contribution is 0.105. The van der Waals surface area contributed by atoms with Crippen molar-refractivity contribution in [3.05, 3.63) is 48.0 Å². The van der Waals surface area contributed by atoms with E-state index in [1.165, 1.54) is 16.3 Å². The Bertz CT molecular complexity index is 561. The summed E-state index contributed by atoms with van der Waals surface area (Å²) in [4.78, 5) is 0. The second-order valence-electron chi connectivity index (χ2n) is 5.39. The standard InChI is InChI=1S/C17H19ClO/c1-12-15(9-10-19-12)17(18)11-14-7-4-6-13-5-2-3-8-16(13)14/h2-8,12,15,17H,9-11H2,1H3. The molecule has 0 aliphatic carbocycles. The van der Waals surface area contributed by atoms with Crippen LogP contribution in [-0.2, 0) is 11.2 Å². The molecule has 3 unspecified atom stereocenters. The van der Waals surface area contributed by atoms with E-state index in [0.717, 1.165) is 19.4 Å². The van der Waals surface area contributed by atoms with Crippen molar-refractivity contribution in [1.29, 1.82) is 0 Å². The quantitative estimate of drug-likeness (QED) is 0.753. The van der Waals surface area contributed by atoms with E-state index in [1.807, 2.05) is 0 Å². The molecule has 1 aliphatic heterocycles. The van der Waals surface area contributed by atoms with E-state index in [1.54, 1.807) is 0 Å². The van der Waals surface area contributed by atoms with Crippen LogP contribution >= 0.6 is 11.6 Å². The molecule has 0 radical (unpaired) electrons. The molecule has 0 bridgehead atoms. The van der Waals surface area contributed by atoms with Crippen molar-refractivity contribution >= 4 is 22.4 Å². The molecule has 2 aromatic carbocycles. The SMILES string of the molecule is CC1OCCC1C(Cl)Cc1cccc2ccccc12. The summed E-state index contributed by atoms with van der Waals surface area (Å²) >= 11 is 6.64. The Balaban J connectivity index is 1.85. The van der Waals surface area contributed by atoms with Gasteiger partial charge in [0.1, 0.15) is 0 Å². The molecule has 3 rings (SSSR count). The first kappa shape index (κ1) is 13.0. The molecule has 0 amide bonds. The van der Waals surface area contributed by atoms with Gasteiger partial charge in [0, 0.05) is 17.9 Å². The van der Waals surface area contributed by atoms with Gasteiger partial charge in [0.05, 0.1) is 6.10 Å². The number of fused-ring (bicyclic) bond motifs is 1. The molecule has 2 heteroatoms. The van der Waals surface area contributed by atoms with E-state index < -0.39 is 0 Å². The van der Waals surface area contributed by atoms with Gasteiger partial charge in [0.2, 0.25) is 0 Å². The van der Waals surface area contributed by atoms with E-state index in [-0.39, 0.29) is 11.5 Å². The van der Waals surface area contributed by atoms with Crippen LogP contribution in [0.2, 0.25) is 0 Å². The zero-order chi connectivity index (χ0) is 13.2. The fourth-order valence-corrected chi connectivity index (χ4v) is 3.55. The molecule has 0 N–H and O–H groups in total. The Morgan fingerprint density at radius 3 is 2.79 bits per heavy atom. The Labute approximate surface area is 119 Å². The monoisotopic (exact) mass is 274 g/mol. The fraction of sp³-hybridized carbons (Fsp3) is 0.412. The molecular weight excluding hydrogens is 256 g/mol. The first-order chi connectivity index (χ1) is 9.25. The van der Waals surface area contributed by atoms with E-state index >= 15 is 0 Å². The van der Waals surface area contributed by atoms with Crippen molar-refractivity contribution in [3.63, 3.8) is 0 Å². The molecule has 1 nitrogen and oxygen atoms in total. The molecule has 2 aromatic rings. The number of hydrogen-bond acceptors (Lipinski definition) is 1. The van der Waals surface area contributed by atoms with Gasteiger partial charge >= 0.3 is 0 Å². The minimum Gasteiger partial charge on any atom is -0.378 e. The lowest BCUT2D eigenvalue weighted by Crippen LogP contribution is -2.23. The first-order valence-electron chi connectivity index (χ1n) is 6.98. The van der Waals surface area contributed by atoms with E-state index in [4.69, 9.17) is 16.3 Å². The zero-order valence-corrected chi connectivity index (χ0v) is 11.9. The summed E-state index contributed by atoms with van der Waals surface area (Å²) in [5.41, 5.74) is 1.34. The van der Waals surface area contributed by atoms with E-state index in [0.29, 0.717) is 5.92 Å². The number of rotatable bonds is 3. The predicted octanol–water partition coefficient (Wildman–Crippen LogP) is 4.41. The summed E-state index contributed by atoms with van der Waals surface area (Å²) in [6, 6.07) is 15.0. The van der Waals surface area contributed by atoms with Gasteiger partial charge in [-0.05, 0) is 36.1 Å². The molecule has 3 atom stereocenters. The zero-order valence-electron chi connectivity index (χ0n) is 11.2. The highest BCUT2D eigenvalue weighted by molar-refractivity contribution is 6.21. The second kappa shape index (κ2) is 5.52. The van der Waals surface area contributed by atoms with Gasteiger partial charge in [-0.2, -0.15) is 0 Å². The highest BCUT2D eigenvalue weighted by Crippen LogP contribution is 2.31. The van der Waals surface area contributed by atoms with Crippen molar-refractivity contribution < 1.29 is 4.74 Å². The number of ether oxygens (including phenoxy) is 1. The lowest BCUT2D eigenvalue weighted by Gasteiger charge is -2.20. The lowest BCUT2D eigenvalue weighted by atomic mass is 9.92. The van der Waals surface area contributed by atoms with Gasteiger partial charge in [-0.3, -0.25) is 0 Å². The Hall–Kier alpha value is -1.05. The molecule has 0 spiro atoms. The number of hydrogen-bond donors (Lipinski definition) is 0. The average Bonchev–Trinajstić information content (AvgIpc) is 2.85. The van der Waals surface area contributed by atoms with Gasteiger partial charge < -0.3 is 4.74 Å². The summed E-state index contributed by atoms with van der Waals surface area (Å²) in [6.07, 6.45) is 2.29. The third-order valence-corrected chi connectivity index (χ3v) is 4.67. The van der Waals surface area contributed by atoms with Crippen molar-refractivity contribution in [2.24, 2.45) is 5.92 Å². The maximum Gasteiger partial charge on any atom is 0.0590 e. The topological polar surface area (TPSA) is 9.23 Å². The van der Waals surface area contributed by atoms with Crippen molar-refractivity contribution in [2.75, 3.05) is 6.61 Å². The third kappa shape index (κ3) is 2.63. The van der Waals surface area contributed by atoms with Crippen LogP contribution in [0, 0.1) is 5.92 Å². The highest BCUT2D eigenvalue weighted by atomic mass is 35.5. The van der Waals surface area contributed by atoms with Crippen LogP contribution in [0.25, 0.3) is 10.8 Å². The third-order valence-electron chi connectivity index (χ3n) is 4.19. The first-order valence-corrected chi connectivity index (χ1v) is 7.41. The van der Waals surface area contributed by atoms with Crippen LogP contribution < -0.4 is 0 Å². The van der Waals surface area contributed by atoms with E-state index in [2.05, 4.69) is 49.4 Å². The van der Waals surface area contributed by atoms with Crippen LogP contribution in [0.4, 0.5) is 0 Å². The molecule has 0 saturated carbocycles. The van der Waals surface area contributed by atoms with Gasteiger partial charge in [0.15, 0.2) is 0 Å². The van der Waals surface area contributed by atoms with E-state index in [9.17, 15) is 0 Å². The highest BCUT2D eigenvalue weighted by Gasteiger charge is 2.30. The summed E-state index contributed by atoms with van der Waals surface area (Å²) in [7, 11) is 0. The smallest absolute Gasteiger partial charge is 0.0590 e. The average molecular weight is 275 g/mol. The minimum atomic E-state index is 0.156. The van der Waals surface area contributed by atoms with Gasteiger partial charge in [0.25, 0.3) is 0 Å². The Morgan fingerprint density at radius 2 is 2.00 bits per heavy atom. The predicted molar refractivity (Wildman–Crippen MR) is 80.8 cm³/mol. The number of halogens is 1. The molecule has 1 saturated heterocycles. The molecule has 100 valence electrons. The van der Waals surface area contributed by atoms with Crippen LogP contribution in [0.3, 0.4) is 0 Å². The normalized spacial score (nSPS) is 24.7. The van der Waals surface area contributed by atoms with Crippen LogP contribution in [0.1, 0.15) is 18.9 Å². The second-order valence-corrected chi connectivity index (χ2v) is 5.95. The number of benzene rings is 2. The summed E-state index contributed by atoms with van der Waals surface area (Å²) in [5.74, 6) is 0.473. The fourth-order valence-electron chi connectivity index (χ4n) is 3.06.